The van der Waals surface area contributed by atoms with Crippen LogP contribution < -0.4 is 4.90 Å². The first-order valence-electron chi connectivity index (χ1n) is 3.86. The predicted octanol–water partition coefficient (Wildman–Crippen LogP) is -0.546. The second-order valence-corrected chi connectivity index (χ2v) is 3.91. The first-order chi connectivity index (χ1) is 4.57. The molecular weight excluding hydrogens is 126 g/mol. The van der Waals surface area contributed by atoms with Crippen molar-refractivity contribution >= 4 is 0 Å². The molecular formula is C8H17NO. The van der Waals surface area contributed by atoms with Gasteiger partial charge in [-0.15, -0.1) is 0 Å². The number of hydrogen-bond acceptors (Lipinski definition) is 1. The van der Waals surface area contributed by atoms with Gasteiger partial charge < -0.3 is 10.0 Å². The van der Waals surface area contributed by atoms with Gasteiger partial charge in [-0.1, -0.05) is 6.92 Å². The minimum Gasteiger partial charge on any atom is -0.465 e. The molecule has 3 unspecified atom stereocenters. The Morgan fingerprint density at radius 3 is 2.60 bits per heavy atom. The van der Waals surface area contributed by atoms with Crippen LogP contribution in [0.3, 0.4) is 0 Å². The van der Waals surface area contributed by atoms with E-state index in [1.807, 2.05) is 0 Å². The molecule has 1 rings (SSSR count). The van der Waals surface area contributed by atoms with Crippen LogP contribution in [0.2, 0.25) is 0 Å². The number of aliphatic hydroxyl groups is 1. The molecule has 0 aromatic carbocycles. The smallest absolute Gasteiger partial charge is 0.0614 e. The molecule has 0 saturated carbocycles. The van der Waals surface area contributed by atoms with Crippen molar-refractivity contribution in [2.75, 3.05) is 13.2 Å². The van der Waals surface area contributed by atoms with Crippen LogP contribution in [0.5, 0.6) is 0 Å². The molecule has 1 heterocycles. The van der Waals surface area contributed by atoms with E-state index in [1.54, 1.807) is 0 Å². The van der Waals surface area contributed by atoms with E-state index in [2.05, 4.69) is 20.9 Å². The lowest BCUT2D eigenvalue weighted by atomic mass is 9.89. The fourth-order valence-corrected chi connectivity index (χ4v) is 1.80. The Hall–Kier alpha value is -0.0800. The Balaban J connectivity index is 2.55. The highest BCUT2D eigenvalue weighted by atomic mass is 16.3. The molecule has 2 nitrogen and oxygen atoms in total. The number of nitrogens with one attached hydrogen (secondary N) is 1. The fourth-order valence-electron chi connectivity index (χ4n) is 1.80. The van der Waals surface area contributed by atoms with Gasteiger partial charge in [-0.05, 0) is 6.92 Å². The maximum atomic E-state index is 9.02. The van der Waals surface area contributed by atoms with Gasteiger partial charge in [0.2, 0.25) is 0 Å². The summed E-state index contributed by atoms with van der Waals surface area (Å²) >= 11 is 0. The Morgan fingerprint density at radius 2 is 2.40 bits per heavy atom. The lowest BCUT2D eigenvalue weighted by Gasteiger charge is -2.20. The van der Waals surface area contributed by atoms with Gasteiger partial charge in [-0.3, -0.25) is 0 Å². The van der Waals surface area contributed by atoms with Crippen LogP contribution in [-0.4, -0.2) is 24.3 Å². The number of likely N-dealkylation sites (tertiary alicyclic amines) is 1. The highest BCUT2D eigenvalue weighted by molar-refractivity contribution is 4.79. The van der Waals surface area contributed by atoms with Crippen molar-refractivity contribution in [3.63, 3.8) is 0 Å². The Bertz CT molecular complexity index is 114. The lowest BCUT2D eigenvalue weighted by Crippen LogP contribution is -3.08. The zero-order valence-electron chi connectivity index (χ0n) is 6.85. The van der Waals surface area contributed by atoms with Gasteiger partial charge in [-0.2, -0.15) is 7.05 Å². The number of quaternary nitrogens is 1. The van der Waals surface area contributed by atoms with Crippen LogP contribution in [0, 0.1) is 12.5 Å². The molecule has 0 aromatic rings. The van der Waals surface area contributed by atoms with Crippen molar-refractivity contribution in [1.29, 1.82) is 0 Å². The minimum absolute atomic E-state index is 0.135. The van der Waals surface area contributed by atoms with Gasteiger partial charge in [-0.25, -0.2) is 0 Å². The van der Waals surface area contributed by atoms with Crippen molar-refractivity contribution in [3.8, 4) is 0 Å². The molecule has 2 heteroatoms. The summed E-state index contributed by atoms with van der Waals surface area (Å²) in [6.45, 7) is 5.62. The van der Waals surface area contributed by atoms with E-state index in [4.69, 9.17) is 5.11 Å². The van der Waals surface area contributed by atoms with Crippen LogP contribution in [-0.2, 0) is 0 Å². The van der Waals surface area contributed by atoms with Crippen molar-refractivity contribution in [1.82, 2.24) is 0 Å². The topological polar surface area (TPSA) is 24.7 Å². The molecule has 0 spiro atoms. The summed E-state index contributed by atoms with van der Waals surface area (Å²) in [4.78, 5) is 1.30. The van der Waals surface area contributed by atoms with Gasteiger partial charge in [0.15, 0.2) is 0 Å². The molecule has 0 radical (unpaired) electrons. The predicted molar refractivity (Wildman–Crippen MR) is 40.5 cm³/mol. The third kappa shape index (κ3) is 1.32. The van der Waals surface area contributed by atoms with E-state index in [0.717, 1.165) is 13.0 Å². The molecule has 0 aliphatic carbocycles. The maximum Gasteiger partial charge on any atom is 0.0614 e. The highest BCUT2D eigenvalue weighted by Crippen LogP contribution is 2.23. The summed E-state index contributed by atoms with van der Waals surface area (Å²) < 4.78 is 0. The molecule has 1 aliphatic rings. The number of rotatable bonds is 1. The monoisotopic (exact) mass is 143 g/mol. The molecule has 3 atom stereocenters. The van der Waals surface area contributed by atoms with Gasteiger partial charge in [0, 0.05) is 11.8 Å². The average molecular weight is 143 g/mol. The van der Waals surface area contributed by atoms with E-state index in [9.17, 15) is 0 Å². The van der Waals surface area contributed by atoms with E-state index in [0.29, 0.717) is 12.6 Å². The Labute approximate surface area is 62.8 Å². The summed E-state index contributed by atoms with van der Waals surface area (Å²) in [7, 11) is 3.97. The average Bonchev–Trinajstić information content (AvgIpc) is 2.10. The summed E-state index contributed by atoms with van der Waals surface area (Å²) in [6.07, 6.45) is 1.10. The molecule has 1 saturated heterocycles. The third-order valence-corrected chi connectivity index (χ3v) is 2.53. The van der Waals surface area contributed by atoms with E-state index in [-0.39, 0.29) is 5.41 Å². The molecule has 60 valence electrons. The van der Waals surface area contributed by atoms with Crippen molar-refractivity contribution in [2.45, 2.75) is 26.3 Å². The Morgan fingerprint density at radius 1 is 1.80 bits per heavy atom. The largest absolute Gasteiger partial charge is 0.465 e. The van der Waals surface area contributed by atoms with Crippen molar-refractivity contribution < 1.29 is 10.0 Å². The molecule has 1 fully saturated rings. The van der Waals surface area contributed by atoms with Crippen LogP contribution >= 0.6 is 0 Å². The van der Waals surface area contributed by atoms with Gasteiger partial charge in [0.25, 0.3) is 0 Å². The third-order valence-electron chi connectivity index (χ3n) is 2.53. The SMILES string of the molecule is [CH2-][NH+]1CC(C)(CO)CC1C. The highest BCUT2D eigenvalue weighted by Gasteiger charge is 2.37. The molecule has 0 amide bonds. The first-order valence-corrected chi connectivity index (χ1v) is 3.86. The van der Waals surface area contributed by atoms with Crippen LogP contribution in [0.1, 0.15) is 20.3 Å². The zero-order valence-corrected chi connectivity index (χ0v) is 6.85. The van der Waals surface area contributed by atoms with Gasteiger partial charge in [0.05, 0.1) is 19.2 Å². The van der Waals surface area contributed by atoms with Gasteiger partial charge >= 0.3 is 0 Å². The van der Waals surface area contributed by atoms with Crippen molar-refractivity contribution in [2.24, 2.45) is 5.41 Å². The number of aliphatic hydroxyl groups excluding tert-OH is 1. The normalized spacial score (nSPS) is 48.0. The lowest BCUT2D eigenvalue weighted by molar-refractivity contribution is -0.867. The second kappa shape index (κ2) is 2.51. The summed E-state index contributed by atoms with van der Waals surface area (Å²) in [5, 5.41) is 9.02. The molecule has 1 aliphatic heterocycles. The molecule has 0 aromatic heterocycles. The fraction of sp³-hybridized carbons (Fsp3) is 0.875. The summed E-state index contributed by atoms with van der Waals surface area (Å²) in [6, 6.07) is 0.608. The maximum absolute atomic E-state index is 9.02. The van der Waals surface area contributed by atoms with E-state index < -0.39 is 0 Å². The summed E-state index contributed by atoms with van der Waals surface area (Å²) in [5.41, 5.74) is 0.135. The molecule has 2 N–H and O–H groups in total. The van der Waals surface area contributed by atoms with Crippen LogP contribution in [0.4, 0.5) is 0 Å². The van der Waals surface area contributed by atoms with Crippen LogP contribution in [0.15, 0.2) is 0 Å². The minimum atomic E-state index is 0.135. The van der Waals surface area contributed by atoms with E-state index in [1.165, 1.54) is 4.90 Å². The zero-order chi connectivity index (χ0) is 7.78. The molecule has 10 heavy (non-hydrogen) atoms. The first kappa shape index (κ1) is 8.02. The van der Waals surface area contributed by atoms with E-state index >= 15 is 0 Å². The standard InChI is InChI=1S/C8H17NO/c1-7-4-8(2,6-10)5-9(7)3/h7,9-10H,3-6H2,1-2H3. The Kier molecular flexibility index (Phi) is 2.02. The number of hydrogen-bond donors (Lipinski definition) is 2. The van der Waals surface area contributed by atoms with Crippen LogP contribution in [0.25, 0.3) is 0 Å². The summed E-state index contributed by atoms with van der Waals surface area (Å²) in [5.74, 6) is 0. The quantitative estimate of drug-likeness (QED) is 0.473. The second-order valence-electron chi connectivity index (χ2n) is 3.91. The van der Waals surface area contributed by atoms with Gasteiger partial charge in [0.1, 0.15) is 0 Å². The van der Waals surface area contributed by atoms with Crippen molar-refractivity contribution in [3.05, 3.63) is 7.05 Å². The molecule has 0 bridgehead atoms.